The van der Waals surface area contributed by atoms with E-state index in [1.807, 2.05) is 0 Å². The van der Waals surface area contributed by atoms with Crippen molar-refractivity contribution in [3.8, 4) is 0 Å². The molecule has 0 heterocycles. The summed E-state index contributed by atoms with van der Waals surface area (Å²) in [6.07, 6.45) is 1.16. The van der Waals surface area contributed by atoms with Crippen LogP contribution < -0.4 is 0 Å². The predicted octanol–water partition coefficient (Wildman–Crippen LogP) is 2.30. The molecule has 0 aromatic heterocycles. The molecule has 0 N–H and O–H groups in total. The van der Waals surface area contributed by atoms with Crippen LogP contribution in [0.1, 0.15) is 6.42 Å². The molecular weight excluding hydrogens is 245 g/mol. The molecule has 0 amide bonds. The van der Waals surface area contributed by atoms with E-state index in [0.29, 0.717) is 0 Å². The van der Waals surface area contributed by atoms with E-state index >= 15 is 0 Å². The standard InChI is InChI=1S/C9H9F3O3S/c1-16(13,14)8-6-4-2-3-5-7(8)15-9(10,11)12/h2,4-6H,3H2,1H3. The van der Waals surface area contributed by atoms with E-state index in [1.165, 1.54) is 12.2 Å². The van der Waals surface area contributed by atoms with Gasteiger partial charge in [0.15, 0.2) is 9.84 Å². The number of alkyl halides is 3. The van der Waals surface area contributed by atoms with Crippen molar-refractivity contribution in [3.05, 3.63) is 35.0 Å². The van der Waals surface area contributed by atoms with Crippen molar-refractivity contribution in [2.45, 2.75) is 12.8 Å². The van der Waals surface area contributed by atoms with Crippen LogP contribution in [0.5, 0.6) is 0 Å². The van der Waals surface area contributed by atoms with Crippen LogP contribution in [0.15, 0.2) is 35.0 Å². The summed E-state index contributed by atoms with van der Waals surface area (Å²) in [6, 6.07) is 0. The normalized spacial score (nSPS) is 17.5. The molecule has 3 nitrogen and oxygen atoms in total. The Hall–Kier alpha value is -1.24. The Kier molecular flexibility index (Phi) is 3.47. The first-order chi connectivity index (χ1) is 7.20. The van der Waals surface area contributed by atoms with Crippen molar-refractivity contribution in [2.24, 2.45) is 0 Å². The van der Waals surface area contributed by atoms with Crippen molar-refractivity contribution >= 4 is 9.84 Å². The summed E-state index contributed by atoms with van der Waals surface area (Å²) in [7, 11) is -3.75. The first-order valence-corrected chi connectivity index (χ1v) is 6.12. The number of sulfone groups is 1. The van der Waals surface area contributed by atoms with Gasteiger partial charge in [-0.2, -0.15) is 0 Å². The van der Waals surface area contributed by atoms with E-state index in [2.05, 4.69) is 4.74 Å². The average molecular weight is 254 g/mol. The lowest BCUT2D eigenvalue weighted by Gasteiger charge is -2.13. The van der Waals surface area contributed by atoms with Gasteiger partial charge in [0.05, 0.1) is 0 Å². The largest absolute Gasteiger partial charge is 0.573 e. The van der Waals surface area contributed by atoms with Crippen LogP contribution in [0, 0.1) is 0 Å². The number of hydrogen-bond donors (Lipinski definition) is 0. The van der Waals surface area contributed by atoms with Crippen molar-refractivity contribution in [1.29, 1.82) is 0 Å². The number of ether oxygens (including phenoxy) is 1. The highest BCUT2D eigenvalue weighted by Crippen LogP contribution is 2.28. The highest BCUT2D eigenvalue weighted by Gasteiger charge is 2.34. The Bertz CT molecular complexity index is 455. The molecule has 0 bridgehead atoms. The number of allylic oxidation sites excluding steroid dienone is 4. The summed E-state index contributed by atoms with van der Waals surface area (Å²) in [5, 5.41) is 0. The maximum atomic E-state index is 12.0. The van der Waals surface area contributed by atoms with Crippen molar-refractivity contribution < 1.29 is 26.3 Å². The fourth-order valence-electron chi connectivity index (χ4n) is 1.11. The molecule has 0 unspecified atom stereocenters. The van der Waals surface area contributed by atoms with Gasteiger partial charge in [-0.15, -0.1) is 13.2 Å². The molecule has 1 aliphatic carbocycles. The molecule has 1 rings (SSSR count). The third-order valence-corrected chi connectivity index (χ3v) is 2.83. The number of halogens is 3. The van der Waals surface area contributed by atoms with E-state index in [-0.39, 0.29) is 6.42 Å². The average Bonchev–Trinajstić information content (AvgIpc) is 2.25. The summed E-state index contributed by atoms with van der Waals surface area (Å²) >= 11 is 0. The Morgan fingerprint density at radius 2 is 2.00 bits per heavy atom. The quantitative estimate of drug-likeness (QED) is 0.759. The number of hydrogen-bond acceptors (Lipinski definition) is 3. The van der Waals surface area contributed by atoms with Crippen LogP contribution >= 0.6 is 0 Å². The minimum absolute atomic E-state index is 0.181. The molecule has 0 aromatic carbocycles. The van der Waals surface area contributed by atoms with Crippen LogP contribution in [0.3, 0.4) is 0 Å². The zero-order valence-corrected chi connectivity index (χ0v) is 9.10. The van der Waals surface area contributed by atoms with E-state index < -0.39 is 26.9 Å². The van der Waals surface area contributed by atoms with Crippen LogP contribution in [-0.4, -0.2) is 21.0 Å². The van der Waals surface area contributed by atoms with E-state index in [1.54, 1.807) is 0 Å². The Morgan fingerprint density at radius 3 is 2.50 bits per heavy atom. The SMILES string of the molecule is CS(=O)(=O)C1=CC=CCC=C1OC(F)(F)F. The van der Waals surface area contributed by atoms with Crippen molar-refractivity contribution in [1.82, 2.24) is 0 Å². The Balaban J connectivity index is 3.11. The zero-order valence-electron chi connectivity index (χ0n) is 8.28. The van der Waals surface area contributed by atoms with Gasteiger partial charge in [-0.05, 0) is 18.6 Å². The summed E-state index contributed by atoms with van der Waals surface area (Å²) in [4.78, 5) is -0.474. The molecule has 0 saturated heterocycles. The molecule has 0 aromatic rings. The second-order valence-corrected chi connectivity index (χ2v) is 5.07. The van der Waals surface area contributed by atoms with E-state index in [0.717, 1.165) is 18.4 Å². The molecule has 16 heavy (non-hydrogen) atoms. The maximum Gasteiger partial charge on any atom is 0.573 e. The Labute approximate surface area is 90.8 Å². The van der Waals surface area contributed by atoms with E-state index in [4.69, 9.17) is 0 Å². The first kappa shape index (κ1) is 12.8. The minimum Gasteiger partial charge on any atom is -0.405 e. The van der Waals surface area contributed by atoms with Gasteiger partial charge < -0.3 is 4.74 Å². The van der Waals surface area contributed by atoms with Crippen molar-refractivity contribution in [3.63, 3.8) is 0 Å². The van der Waals surface area contributed by atoms with Crippen LogP contribution in [0.4, 0.5) is 13.2 Å². The lowest BCUT2D eigenvalue weighted by molar-refractivity contribution is -0.303. The van der Waals surface area contributed by atoms with Gasteiger partial charge in [0.25, 0.3) is 0 Å². The monoisotopic (exact) mass is 254 g/mol. The molecule has 1 aliphatic rings. The molecule has 7 heteroatoms. The maximum absolute atomic E-state index is 12.0. The lowest BCUT2D eigenvalue weighted by Crippen LogP contribution is -2.16. The topological polar surface area (TPSA) is 43.4 Å². The summed E-state index contributed by atoms with van der Waals surface area (Å²) < 4.78 is 62.2. The molecule has 0 saturated carbocycles. The second kappa shape index (κ2) is 4.32. The van der Waals surface area contributed by atoms with Gasteiger partial charge in [0, 0.05) is 6.26 Å². The van der Waals surface area contributed by atoms with Crippen LogP contribution in [0.25, 0.3) is 0 Å². The molecule has 0 fully saturated rings. The number of rotatable bonds is 2. The van der Waals surface area contributed by atoms with Crippen molar-refractivity contribution in [2.75, 3.05) is 6.26 Å². The third-order valence-electron chi connectivity index (χ3n) is 1.69. The van der Waals surface area contributed by atoms with Gasteiger partial charge >= 0.3 is 6.36 Å². The fraction of sp³-hybridized carbons (Fsp3) is 0.333. The zero-order chi connectivity index (χ0) is 12.4. The van der Waals surface area contributed by atoms with Crippen LogP contribution in [0.2, 0.25) is 0 Å². The molecule has 0 spiro atoms. The summed E-state index contributed by atoms with van der Waals surface area (Å²) in [6.45, 7) is 0. The molecule has 0 aliphatic heterocycles. The first-order valence-electron chi connectivity index (χ1n) is 4.23. The van der Waals surface area contributed by atoms with Gasteiger partial charge in [-0.1, -0.05) is 12.2 Å². The highest BCUT2D eigenvalue weighted by molar-refractivity contribution is 7.94. The summed E-state index contributed by atoms with van der Waals surface area (Å²) in [5.41, 5.74) is 0. The Morgan fingerprint density at radius 1 is 1.38 bits per heavy atom. The lowest BCUT2D eigenvalue weighted by atomic mass is 10.3. The summed E-state index contributed by atoms with van der Waals surface area (Å²) in [5.74, 6) is -0.681. The second-order valence-electron chi connectivity index (χ2n) is 3.08. The molecule has 0 atom stereocenters. The molecular formula is C9H9F3O3S. The predicted molar refractivity (Wildman–Crippen MR) is 51.9 cm³/mol. The van der Waals surface area contributed by atoms with Gasteiger partial charge in [-0.25, -0.2) is 8.42 Å². The van der Waals surface area contributed by atoms with Crippen LogP contribution in [-0.2, 0) is 14.6 Å². The minimum atomic E-state index is -4.90. The van der Waals surface area contributed by atoms with Gasteiger partial charge in [0.1, 0.15) is 10.7 Å². The third kappa shape index (κ3) is 3.73. The van der Waals surface area contributed by atoms with E-state index in [9.17, 15) is 21.6 Å². The van der Waals surface area contributed by atoms with Gasteiger partial charge in [0.2, 0.25) is 0 Å². The highest BCUT2D eigenvalue weighted by atomic mass is 32.2. The molecule has 90 valence electrons. The molecule has 0 radical (unpaired) electrons. The van der Waals surface area contributed by atoms with Gasteiger partial charge in [-0.3, -0.25) is 0 Å². The fourth-order valence-corrected chi connectivity index (χ4v) is 1.93. The smallest absolute Gasteiger partial charge is 0.405 e.